The second-order valence-electron chi connectivity index (χ2n) is 7.81. The molecule has 0 aliphatic carbocycles. The zero-order chi connectivity index (χ0) is 23.8. The molecule has 2 aromatic carbocycles. The number of fused-ring (bicyclic) bond motifs is 3. The second kappa shape index (κ2) is 8.99. The fraction of sp³-hybridized carbons (Fsp3) is 0.273. The van der Waals surface area contributed by atoms with Gasteiger partial charge in [-0.2, -0.15) is 0 Å². The molecule has 0 aliphatic heterocycles. The number of nitrogens with two attached hydrogens (primary N) is 2. The highest BCUT2D eigenvalue weighted by Crippen LogP contribution is 2.44. The molecule has 2 heterocycles. The van der Waals surface area contributed by atoms with Gasteiger partial charge in [-0.25, -0.2) is 14.5 Å². The molecule has 174 valence electrons. The molecule has 0 saturated carbocycles. The molecule has 0 spiro atoms. The SMILES string of the molecule is CCCCc1nc2c(N)nc3cc(CN)ccc3c2n1Cc1cccc(O)c1OP(=O)(O)O. The normalized spacial score (nSPS) is 12.0. The Morgan fingerprint density at radius 2 is 1.97 bits per heavy atom. The number of phenols is 1. The molecule has 11 heteroatoms. The smallest absolute Gasteiger partial charge is 0.504 e. The van der Waals surface area contributed by atoms with Crippen molar-refractivity contribution in [2.45, 2.75) is 39.3 Å². The van der Waals surface area contributed by atoms with Crippen molar-refractivity contribution in [3.63, 3.8) is 0 Å². The second-order valence-corrected chi connectivity index (χ2v) is 8.98. The number of aryl methyl sites for hydroxylation is 1. The summed E-state index contributed by atoms with van der Waals surface area (Å²) in [5.41, 5.74) is 15.3. The van der Waals surface area contributed by atoms with E-state index in [1.807, 2.05) is 22.8 Å². The Morgan fingerprint density at radius 3 is 2.67 bits per heavy atom. The van der Waals surface area contributed by atoms with Gasteiger partial charge in [-0.1, -0.05) is 37.6 Å². The van der Waals surface area contributed by atoms with Crippen LogP contribution in [0.4, 0.5) is 5.82 Å². The van der Waals surface area contributed by atoms with Gasteiger partial charge >= 0.3 is 7.82 Å². The lowest BCUT2D eigenvalue weighted by atomic mass is 10.1. The van der Waals surface area contributed by atoms with E-state index in [4.69, 9.17) is 21.0 Å². The zero-order valence-electron chi connectivity index (χ0n) is 18.1. The molecule has 0 bridgehead atoms. The van der Waals surface area contributed by atoms with Crippen LogP contribution in [0.1, 0.15) is 36.7 Å². The Balaban J connectivity index is 1.96. The number of nitrogen functional groups attached to an aromatic ring is 1. The monoisotopic (exact) mass is 471 g/mol. The highest BCUT2D eigenvalue weighted by atomic mass is 31.2. The van der Waals surface area contributed by atoms with Crippen molar-refractivity contribution < 1.29 is 24.0 Å². The molecule has 0 amide bonds. The Labute approximate surface area is 190 Å². The van der Waals surface area contributed by atoms with Crippen LogP contribution in [0, 0.1) is 0 Å². The number of phenolic OH excluding ortho intramolecular Hbond substituents is 1. The quantitative estimate of drug-likeness (QED) is 0.242. The van der Waals surface area contributed by atoms with E-state index in [2.05, 4.69) is 11.9 Å². The van der Waals surface area contributed by atoms with Crippen molar-refractivity contribution in [2.24, 2.45) is 5.73 Å². The molecule has 0 atom stereocenters. The largest absolute Gasteiger partial charge is 0.524 e. The maximum Gasteiger partial charge on any atom is 0.524 e. The summed E-state index contributed by atoms with van der Waals surface area (Å²) in [6, 6.07) is 10.3. The number of imidazole rings is 1. The number of hydrogen-bond donors (Lipinski definition) is 5. The van der Waals surface area contributed by atoms with E-state index < -0.39 is 7.82 Å². The third-order valence-corrected chi connectivity index (χ3v) is 5.87. The van der Waals surface area contributed by atoms with Gasteiger partial charge in [0.25, 0.3) is 0 Å². The van der Waals surface area contributed by atoms with E-state index in [0.717, 1.165) is 35.1 Å². The van der Waals surface area contributed by atoms with Crippen LogP contribution in [0.5, 0.6) is 11.5 Å². The lowest BCUT2D eigenvalue weighted by Gasteiger charge is -2.16. The fourth-order valence-electron chi connectivity index (χ4n) is 3.92. The van der Waals surface area contributed by atoms with Crippen molar-refractivity contribution in [1.82, 2.24) is 14.5 Å². The molecular weight excluding hydrogens is 445 g/mol. The van der Waals surface area contributed by atoms with E-state index in [1.54, 1.807) is 12.1 Å². The van der Waals surface area contributed by atoms with Crippen molar-refractivity contribution >= 4 is 35.6 Å². The molecule has 33 heavy (non-hydrogen) atoms. The van der Waals surface area contributed by atoms with Gasteiger partial charge in [-0.05, 0) is 24.1 Å². The summed E-state index contributed by atoms with van der Waals surface area (Å²) in [6.45, 7) is 2.59. The summed E-state index contributed by atoms with van der Waals surface area (Å²) in [5.74, 6) is 0.395. The average molecular weight is 471 g/mol. The molecule has 4 rings (SSSR count). The maximum atomic E-state index is 11.5. The van der Waals surface area contributed by atoms with Gasteiger partial charge in [-0.15, -0.1) is 0 Å². The van der Waals surface area contributed by atoms with Crippen molar-refractivity contribution in [3.05, 3.63) is 53.3 Å². The van der Waals surface area contributed by atoms with Gasteiger partial charge in [-0.3, -0.25) is 9.79 Å². The summed E-state index contributed by atoms with van der Waals surface area (Å²) in [5, 5.41) is 11.1. The lowest BCUT2D eigenvalue weighted by molar-refractivity contribution is 0.276. The first-order valence-corrected chi connectivity index (χ1v) is 12.1. The van der Waals surface area contributed by atoms with E-state index >= 15 is 0 Å². The molecule has 0 fully saturated rings. The predicted molar refractivity (Wildman–Crippen MR) is 126 cm³/mol. The van der Waals surface area contributed by atoms with Crippen LogP contribution in [0.2, 0.25) is 0 Å². The minimum atomic E-state index is -4.89. The number of phosphoric acid groups is 1. The van der Waals surface area contributed by atoms with Crippen molar-refractivity contribution in [2.75, 3.05) is 5.73 Å². The number of para-hydroxylation sites is 1. The summed E-state index contributed by atoms with van der Waals surface area (Å²) >= 11 is 0. The standard InChI is InChI=1S/C22H26N5O5P/c1-2-3-7-18-26-19-20(15-9-8-13(11-23)10-16(15)25-22(19)24)27(18)12-14-5-4-6-17(28)21(14)32-33(29,30)31/h4-6,8-10,28H,2-3,7,11-12,23H2,1H3,(H2,24,25)(H2,29,30,31). The number of phosphoric ester groups is 1. The Bertz CT molecular complexity index is 1380. The number of pyridine rings is 1. The van der Waals surface area contributed by atoms with E-state index in [0.29, 0.717) is 29.6 Å². The van der Waals surface area contributed by atoms with Crippen LogP contribution in [0.25, 0.3) is 21.9 Å². The minimum Gasteiger partial charge on any atom is -0.504 e. The van der Waals surface area contributed by atoms with Gasteiger partial charge < -0.3 is 25.7 Å². The first-order chi connectivity index (χ1) is 15.7. The number of anilines is 1. The third kappa shape index (κ3) is 4.65. The van der Waals surface area contributed by atoms with Gasteiger partial charge in [0.2, 0.25) is 0 Å². The number of hydrogen-bond acceptors (Lipinski definition) is 7. The fourth-order valence-corrected chi connectivity index (χ4v) is 4.37. The molecule has 10 nitrogen and oxygen atoms in total. The summed E-state index contributed by atoms with van der Waals surface area (Å²) in [6.07, 6.45) is 2.51. The lowest BCUT2D eigenvalue weighted by Crippen LogP contribution is -2.08. The van der Waals surface area contributed by atoms with Crippen molar-refractivity contribution in [1.29, 1.82) is 0 Å². The molecule has 2 aromatic heterocycles. The number of rotatable bonds is 8. The van der Waals surface area contributed by atoms with Gasteiger partial charge in [0.1, 0.15) is 11.3 Å². The van der Waals surface area contributed by atoms with Crippen LogP contribution in [0.15, 0.2) is 36.4 Å². The van der Waals surface area contributed by atoms with Crippen LogP contribution < -0.4 is 16.0 Å². The Kier molecular flexibility index (Phi) is 6.27. The average Bonchev–Trinajstić information content (AvgIpc) is 3.12. The number of aromatic hydroxyl groups is 1. The highest BCUT2D eigenvalue weighted by molar-refractivity contribution is 7.46. The predicted octanol–water partition coefficient (Wildman–Crippen LogP) is 3.19. The molecule has 0 aliphatic rings. The van der Waals surface area contributed by atoms with Crippen LogP contribution in [-0.4, -0.2) is 29.4 Å². The topological polar surface area (TPSA) is 170 Å². The summed E-state index contributed by atoms with van der Waals surface area (Å²) in [7, 11) is -4.89. The minimum absolute atomic E-state index is 0.149. The molecule has 0 radical (unpaired) electrons. The van der Waals surface area contributed by atoms with Crippen LogP contribution in [0.3, 0.4) is 0 Å². The number of nitrogens with zero attached hydrogens (tertiary/aromatic N) is 3. The number of benzene rings is 2. The first-order valence-electron chi connectivity index (χ1n) is 10.5. The molecule has 7 N–H and O–H groups in total. The van der Waals surface area contributed by atoms with Gasteiger partial charge in [0.15, 0.2) is 17.3 Å². The van der Waals surface area contributed by atoms with Crippen molar-refractivity contribution in [3.8, 4) is 11.5 Å². The van der Waals surface area contributed by atoms with Gasteiger partial charge in [0, 0.05) is 23.9 Å². The zero-order valence-corrected chi connectivity index (χ0v) is 19.0. The van der Waals surface area contributed by atoms with Crippen LogP contribution in [-0.2, 0) is 24.1 Å². The van der Waals surface area contributed by atoms with E-state index in [1.165, 1.54) is 6.07 Å². The van der Waals surface area contributed by atoms with Gasteiger partial charge in [0.05, 0.1) is 17.6 Å². The molecule has 0 saturated heterocycles. The first kappa shape index (κ1) is 23.0. The maximum absolute atomic E-state index is 11.5. The van der Waals surface area contributed by atoms with E-state index in [9.17, 15) is 19.5 Å². The number of unbranched alkanes of at least 4 members (excludes halogenated alkanes) is 1. The highest BCUT2D eigenvalue weighted by Gasteiger charge is 2.24. The third-order valence-electron chi connectivity index (χ3n) is 5.45. The number of aromatic nitrogens is 3. The van der Waals surface area contributed by atoms with E-state index in [-0.39, 0.29) is 23.9 Å². The Hall–Kier alpha value is -3.17. The Morgan fingerprint density at radius 1 is 1.18 bits per heavy atom. The summed E-state index contributed by atoms with van der Waals surface area (Å²) < 4.78 is 18.3. The summed E-state index contributed by atoms with van der Waals surface area (Å²) in [4.78, 5) is 28.0. The molecular formula is C22H26N5O5P. The molecule has 0 unspecified atom stereocenters. The molecule has 4 aromatic rings. The van der Waals surface area contributed by atoms with Crippen LogP contribution >= 0.6 is 7.82 Å².